The number of alkyl halides is 1. The molecule has 6 aliphatic rings. The standard InChI is InChI=1S/C23H20ClF2N5O2/c24-11-5-9(1-2-12(11)25)17-14(19(27)32)13-7-30(3-4-31(13)29-17)20(33)28-23-10-6-21(23)8-22(26)15(10)16(23)18(21)22/h1-2,5,10,15-16,18H,3-4,6-8H2,(H2,27,32)(H,28,33). The van der Waals surface area contributed by atoms with Gasteiger partial charge in [-0.05, 0) is 42.9 Å². The summed E-state index contributed by atoms with van der Waals surface area (Å²) in [6.45, 7) is 1.02. The maximum absolute atomic E-state index is 14.8. The Labute approximate surface area is 192 Å². The summed E-state index contributed by atoms with van der Waals surface area (Å²) in [7, 11) is 0. The van der Waals surface area contributed by atoms with Gasteiger partial charge in [0.15, 0.2) is 0 Å². The summed E-state index contributed by atoms with van der Waals surface area (Å²) in [6, 6.07) is 3.96. The predicted molar refractivity (Wildman–Crippen MR) is 112 cm³/mol. The predicted octanol–water partition coefficient (Wildman–Crippen LogP) is 2.71. The highest BCUT2D eigenvalue weighted by molar-refractivity contribution is 6.31. The average molecular weight is 472 g/mol. The Morgan fingerprint density at radius 2 is 2.09 bits per heavy atom. The topological polar surface area (TPSA) is 93.2 Å². The molecule has 1 spiro atoms. The van der Waals surface area contributed by atoms with Crippen LogP contribution < -0.4 is 11.1 Å². The van der Waals surface area contributed by atoms with E-state index in [1.165, 1.54) is 18.2 Å². The molecule has 1 aromatic carbocycles. The quantitative estimate of drug-likeness (QED) is 0.720. The smallest absolute Gasteiger partial charge is 0.318 e. The van der Waals surface area contributed by atoms with Crippen LogP contribution in [-0.2, 0) is 13.1 Å². The Bertz CT molecular complexity index is 1330. The zero-order chi connectivity index (χ0) is 22.7. The number of nitrogens with one attached hydrogen (secondary N) is 1. The molecule has 0 saturated heterocycles. The number of carbonyl (C=O) groups is 2. The van der Waals surface area contributed by atoms with Crippen LogP contribution in [0, 0.1) is 34.9 Å². The van der Waals surface area contributed by atoms with Gasteiger partial charge in [0.25, 0.3) is 5.91 Å². The van der Waals surface area contributed by atoms with E-state index in [9.17, 15) is 18.4 Å². The van der Waals surface area contributed by atoms with E-state index < -0.39 is 17.4 Å². The lowest BCUT2D eigenvalue weighted by Crippen LogP contribution is -3.12. The Morgan fingerprint density at radius 1 is 1.27 bits per heavy atom. The molecule has 3 amide bonds. The monoisotopic (exact) mass is 471 g/mol. The Morgan fingerprint density at radius 3 is 2.73 bits per heavy atom. The average Bonchev–Trinajstić information content (AvgIpc) is 3.16. The molecule has 5 fully saturated rings. The van der Waals surface area contributed by atoms with E-state index in [-0.39, 0.29) is 51.9 Å². The summed E-state index contributed by atoms with van der Waals surface area (Å²) < 4.78 is 30.1. The normalized spacial score (nSPS) is 41.8. The second-order valence-electron chi connectivity index (χ2n) is 10.7. The first kappa shape index (κ1) is 18.7. The number of carbonyl (C=O) groups excluding carboxylic acids is 2. The van der Waals surface area contributed by atoms with E-state index in [0.717, 1.165) is 6.42 Å². The third kappa shape index (κ3) is 1.67. The minimum absolute atomic E-state index is 0.00748. The van der Waals surface area contributed by atoms with Crippen molar-refractivity contribution in [3.63, 3.8) is 0 Å². The van der Waals surface area contributed by atoms with Crippen LogP contribution in [0.1, 0.15) is 28.9 Å². The van der Waals surface area contributed by atoms with Crippen LogP contribution in [0.5, 0.6) is 0 Å². The van der Waals surface area contributed by atoms with Crippen molar-refractivity contribution >= 4 is 23.5 Å². The van der Waals surface area contributed by atoms with Crippen molar-refractivity contribution in [2.75, 3.05) is 6.54 Å². The van der Waals surface area contributed by atoms with Gasteiger partial charge < -0.3 is 16.0 Å². The molecule has 1 aromatic heterocycles. The van der Waals surface area contributed by atoms with Gasteiger partial charge in [0, 0.05) is 29.4 Å². The van der Waals surface area contributed by atoms with Crippen LogP contribution in [0.3, 0.4) is 0 Å². The van der Waals surface area contributed by atoms with Crippen molar-refractivity contribution in [2.24, 2.45) is 34.8 Å². The van der Waals surface area contributed by atoms with Crippen molar-refractivity contribution < 1.29 is 18.4 Å². The number of hydrogen-bond donors (Lipinski definition) is 2. The fraction of sp³-hybridized carbons (Fsp3) is 0.522. The van der Waals surface area contributed by atoms with Crippen LogP contribution in [-0.4, -0.2) is 44.4 Å². The number of benzene rings is 1. The molecular weight excluding hydrogens is 452 g/mol. The number of fused-ring (bicyclic) bond motifs is 3. The van der Waals surface area contributed by atoms with E-state index in [1.54, 1.807) is 9.58 Å². The van der Waals surface area contributed by atoms with Crippen LogP contribution in [0.25, 0.3) is 11.3 Å². The summed E-state index contributed by atoms with van der Waals surface area (Å²) in [4.78, 5) is 27.3. The van der Waals surface area contributed by atoms with Crippen LogP contribution in [0.15, 0.2) is 18.2 Å². The SMILES string of the molecule is NC(=O)c1c(-c2ccc(F)c(Cl)c2)nn2c1CN(C(=O)NC13C4CC15CC1(F)C4C3C15)CC2. The van der Waals surface area contributed by atoms with E-state index in [4.69, 9.17) is 17.3 Å². The zero-order valence-electron chi connectivity index (χ0n) is 17.4. The van der Waals surface area contributed by atoms with Crippen LogP contribution in [0.4, 0.5) is 13.6 Å². The molecule has 7 nitrogen and oxygen atoms in total. The Balaban J connectivity index is 1.08. The van der Waals surface area contributed by atoms with Crippen LogP contribution in [0.2, 0.25) is 5.02 Å². The number of nitrogens with zero attached hydrogens (tertiary/aromatic N) is 3. The van der Waals surface area contributed by atoms with Gasteiger partial charge in [0.05, 0.1) is 34.9 Å². The van der Waals surface area contributed by atoms with Crippen LogP contribution >= 0.6 is 11.6 Å². The first-order valence-corrected chi connectivity index (χ1v) is 11.7. The molecule has 170 valence electrons. The van der Waals surface area contributed by atoms with Crippen molar-refractivity contribution in [1.29, 1.82) is 0 Å². The zero-order valence-corrected chi connectivity index (χ0v) is 18.2. The third-order valence-electron chi connectivity index (χ3n) is 9.97. The van der Waals surface area contributed by atoms with Gasteiger partial charge in [-0.25, -0.2) is 13.6 Å². The Kier molecular flexibility index (Phi) is 2.94. The first-order valence-electron chi connectivity index (χ1n) is 11.3. The molecular formula is C23H20ClF2N5O2. The molecule has 7 unspecified atom stereocenters. The largest absolute Gasteiger partial charge is 0.365 e. The summed E-state index contributed by atoms with van der Waals surface area (Å²) >= 11 is 5.93. The number of urea groups is 1. The highest BCUT2D eigenvalue weighted by Crippen LogP contribution is 3.03. The molecule has 0 bridgehead atoms. The van der Waals surface area contributed by atoms with Gasteiger partial charge in [-0.15, -0.1) is 0 Å². The molecule has 0 radical (unpaired) electrons. The maximum Gasteiger partial charge on any atom is 0.318 e. The second-order valence-corrected chi connectivity index (χ2v) is 11.1. The van der Waals surface area contributed by atoms with E-state index in [0.29, 0.717) is 42.4 Å². The highest BCUT2D eigenvalue weighted by Gasteiger charge is 3.08. The molecule has 1 aliphatic heterocycles. The summed E-state index contributed by atoms with van der Waals surface area (Å²) in [5.41, 5.74) is 6.12. The minimum Gasteiger partial charge on any atom is -0.365 e. The van der Waals surface area contributed by atoms with Gasteiger partial charge in [-0.3, -0.25) is 9.48 Å². The number of aromatic nitrogens is 2. The van der Waals surface area contributed by atoms with Gasteiger partial charge >= 0.3 is 6.03 Å². The number of halogens is 3. The lowest BCUT2D eigenvalue weighted by atomic mass is 9.00. The lowest BCUT2D eigenvalue weighted by molar-refractivity contribution is -0.576. The van der Waals surface area contributed by atoms with Gasteiger partial charge in [0.1, 0.15) is 17.2 Å². The molecule has 33 heavy (non-hydrogen) atoms. The molecule has 2 heterocycles. The van der Waals surface area contributed by atoms with Gasteiger partial charge in [-0.2, -0.15) is 5.10 Å². The fourth-order valence-corrected chi connectivity index (χ4v) is 9.19. The molecule has 10 heteroatoms. The number of rotatable bonds is 3. The highest BCUT2D eigenvalue weighted by atomic mass is 35.5. The third-order valence-corrected chi connectivity index (χ3v) is 10.3. The van der Waals surface area contributed by atoms with Crippen molar-refractivity contribution in [1.82, 2.24) is 20.0 Å². The minimum atomic E-state index is -0.937. The summed E-state index contributed by atoms with van der Waals surface area (Å²) in [5, 5.41) is 7.75. The second kappa shape index (κ2) is 5.19. The molecule has 8 rings (SSSR count). The summed E-state index contributed by atoms with van der Waals surface area (Å²) in [5.74, 6) is -0.335. The Hall–Kier alpha value is -2.68. The maximum atomic E-state index is 14.8. The number of amides is 3. The van der Waals surface area contributed by atoms with Gasteiger partial charge in [0.2, 0.25) is 0 Å². The molecule has 7 atom stereocenters. The number of nitrogens with two attached hydrogens (primary N) is 1. The molecule has 5 saturated carbocycles. The van der Waals surface area contributed by atoms with Crippen molar-refractivity contribution in [3.05, 3.63) is 40.3 Å². The number of primary amides is 1. The fourth-order valence-electron chi connectivity index (χ4n) is 9.01. The first-order chi connectivity index (χ1) is 15.7. The van der Waals surface area contributed by atoms with Crippen molar-refractivity contribution in [3.8, 4) is 11.3 Å². The van der Waals surface area contributed by atoms with Gasteiger partial charge in [-0.1, -0.05) is 11.6 Å². The van der Waals surface area contributed by atoms with E-state index in [2.05, 4.69) is 10.4 Å². The number of hydrogen-bond acceptors (Lipinski definition) is 3. The summed E-state index contributed by atoms with van der Waals surface area (Å²) in [6.07, 6.45) is 1.65. The lowest BCUT2D eigenvalue weighted by Gasteiger charge is -3.05. The van der Waals surface area contributed by atoms with E-state index >= 15 is 0 Å². The molecule has 3 N–H and O–H groups in total. The van der Waals surface area contributed by atoms with Crippen molar-refractivity contribution in [2.45, 2.75) is 37.1 Å². The molecule has 2 aromatic rings. The molecule has 5 aliphatic carbocycles. The van der Waals surface area contributed by atoms with E-state index in [1.807, 2.05) is 0 Å².